The van der Waals surface area contributed by atoms with Crippen LogP contribution in [-0.2, 0) is 21.3 Å². The smallest absolute Gasteiger partial charge is 0.219 e. The Labute approximate surface area is 138 Å². The second-order valence-corrected chi connectivity index (χ2v) is 8.37. The molecule has 1 aromatic carbocycles. The van der Waals surface area contributed by atoms with Gasteiger partial charge in [0, 0.05) is 26.2 Å². The van der Waals surface area contributed by atoms with Crippen LogP contribution >= 0.6 is 0 Å². The third kappa shape index (κ3) is 4.73. The van der Waals surface area contributed by atoms with Crippen molar-refractivity contribution < 1.29 is 17.5 Å². The van der Waals surface area contributed by atoms with E-state index in [0.29, 0.717) is 31.7 Å². The van der Waals surface area contributed by atoms with Gasteiger partial charge in [-0.1, -0.05) is 12.1 Å². The van der Waals surface area contributed by atoms with Crippen molar-refractivity contribution in [2.24, 2.45) is 0 Å². The maximum atomic E-state index is 13.4. The summed E-state index contributed by atoms with van der Waals surface area (Å²) in [7, 11) is 0.297. The molecule has 1 heterocycles. The molecule has 2 rings (SSSR count). The quantitative estimate of drug-likeness (QED) is 0.755. The van der Waals surface area contributed by atoms with Gasteiger partial charge in [-0.25, -0.2) is 12.8 Å². The molecule has 0 aromatic heterocycles. The first-order valence-corrected chi connectivity index (χ1v) is 9.31. The van der Waals surface area contributed by atoms with E-state index in [4.69, 9.17) is 4.74 Å². The Morgan fingerprint density at radius 3 is 2.61 bits per heavy atom. The van der Waals surface area contributed by atoms with Gasteiger partial charge in [-0.3, -0.25) is 0 Å². The first-order valence-electron chi connectivity index (χ1n) is 7.80. The van der Waals surface area contributed by atoms with E-state index in [9.17, 15) is 12.8 Å². The molecule has 2 atom stereocenters. The van der Waals surface area contributed by atoms with Gasteiger partial charge in [-0.15, -0.1) is 0 Å². The number of hydrogen-bond acceptors (Lipinski definition) is 4. The van der Waals surface area contributed by atoms with Crippen LogP contribution in [0, 0.1) is 5.82 Å². The summed E-state index contributed by atoms with van der Waals surface area (Å²) in [6.45, 7) is 3.41. The van der Waals surface area contributed by atoms with Crippen molar-refractivity contribution in [2.45, 2.75) is 31.2 Å². The number of likely N-dealkylation sites (N-methyl/N-ethyl adjacent to an activating group) is 1. The van der Waals surface area contributed by atoms with Crippen LogP contribution in [0.2, 0.25) is 0 Å². The van der Waals surface area contributed by atoms with Crippen molar-refractivity contribution in [1.29, 1.82) is 0 Å². The Morgan fingerprint density at radius 2 is 2.04 bits per heavy atom. The van der Waals surface area contributed by atoms with Crippen molar-refractivity contribution >= 4 is 10.0 Å². The molecule has 1 aromatic rings. The Hall–Kier alpha value is -1.02. The summed E-state index contributed by atoms with van der Waals surface area (Å²) < 4.78 is 46.2. The van der Waals surface area contributed by atoms with Gasteiger partial charge >= 0.3 is 0 Å². The Balaban J connectivity index is 2.22. The average Bonchev–Trinajstić information content (AvgIpc) is 2.90. The average molecular weight is 344 g/mol. The number of rotatable bonds is 7. The van der Waals surface area contributed by atoms with Gasteiger partial charge in [0.25, 0.3) is 0 Å². The monoisotopic (exact) mass is 344 g/mol. The van der Waals surface area contributed by atoms with Crippen molar-refractivity contribution in [3.8, 4) is 0 Å². The highest BCUT2D eigenvalue weighted by molar-refractivity contribution is 7.89. The zero-order valence-corrected chi connectivity index (χ0v) is 14.7. The van der Waals surface area contributed by atoms with Crippen LogP contribution in [0.5, 0.6) is 0 Å². The molecule has 1 aliphatic rings. The summed E-state index contributed by atoms with van der Waals surface area (Å²) in [5.41, 5.74) is 0.652. The molecule has 7 heteroatoms. The lowest BCUT2D eigenvalue weighted by molar-refractivity contribution is 0.125. The lowest BCUT2D eigenvalue weighted by Crippen LogP contribution is -2.43. The van der Waals surface area contributed by atoms with E-state index < -0.39 is 15.3 Å². The van der Waals surface area contributed by atoms with Crippen LogP contribution in [0.4, 0.5) is 4.39 Å². The molecular weight excluding hydrogens is 319 g/mol. The topological polar surface area (TPSA) is 49.9 Å². The van der Waals surface area contributed by atoms with E-state index >= 15 is 0 Å². The number of ether oxygens (including phenoxy) is 1. The number of halogens is 1. The SMILES string of the molecule is C[C@@H]1OCC[C@@H]1S(=O)(=O)N(CCN(C)C)Cc1cccc(F)c1. The largest absolute Gasteiger partial charge is 0.377 e. The van der Waals surface area contributed by atoms with Crippen LogP contribution in [-0.4, -0.2) is 62.8 Å². The van der Waals surface area contributed by atoms with E-state index in [-0.39, 0.29) is 18.5 Å². The molecule has 0 radical (unpaired) electrons. The number of sulfonamides is 1. The fourth-order valence-electron chi connectivity index (χ4n) is 2.74. The third-order valence-corrected chi connectivity index (χ3v) is 6.51. The van der Waals surface area contributed by atoms with E-state index in [1.807, 2.05) is 19.0 Å². The zero-order chi connectivity index (χ0) is 17.0. The summed E-state index contributed by atoms with van der Waals surface area (Å²) in [5, 5.41) is -0.529. The Kier molecular flexibility index (Phi) is 6.13. The van der Waals surface area contributed by atoms with Gasteiger partial charge in [0.15, 0.2) is 0 Å². The van der Waals surface area contributed by atoms with E-state index in [2.05, 4.69) is 0 Å². The third-order valence-electron chi connectivity index (χ3n) is 4.09. The molecule has 1 aliphatic heterocycles. The number of nitrogens with zero attached hydrogens (tertiary/aromatic N) is 2. The van der Waals surface area contributed by atoms with Gasteiger partial charge in [0.05, 0.1) is 6.10 Å². The van der Waals surface area contributed by atoms with Crippen LogP contribution < -0.4 is 0 Å². The molecular formula is C16H25FN2O3S. The molecule has 0 saturated carbocycles. The van der Waals surface area contributed by atoms with Crippen molar-refractivity contribution in [2.75, 3.05) is 33.8 Å². The highest BCUT2D eigenvalue weighted by Gasteiger charge is 2.39. The molecule has 0 unspecified atom stereocenters. The van der Waals surface area contributed by atoms with Gasteiger partial charge in [-0.2, -0.15) is 4.31 Å². The van der Waals surface area contributed by atoms with E-state index in [1.165, 1.54) is 16.4 Å². The Bertz CT molecular complexity index is 622. The molecule has 130 valence electrons. The van der Waals surface area contributed by atoms with Crippen LogP contribution in [0.3, 0.4) is 0 Å². The molecule has 0 spiro atoms. The first kappa shape index (κ1) is 18.3. The zero-order valence-electron chi connectivity index (χ0n) is 13.9. The minimum atomic E-state index is -3.50. The fraction of sp³-hybridized carbons (Fsp3) is 0.625. The lowest BCUT2D eigenvalue weighted by atomic mass is 10.2. The highest BCUT2D eigenvalue weighted by atomic mass is 32.2. The van der Waals surface area contributed by atoms with Gasteiger partial charge in [0.1, 0.15) is 11.1 Å². The maximum absolute atomic E-state index is 13.4. The minimum Gasteiger partial charge on any atom is -0.377 e. The standard InChI is InChI=1S/C16H25FN2O3S/c1-13-16(7-10-22-13)23(20,21)19(9-8-18(2)3)12-14-5-4-6-15(17)11-14/h4-6,11,13,16H,7-10,12H2,1-3H3/t13-,16-/m0/s1. The molecule has 0 amide bonds. The molecule has 0 N–H and O–H groups in total. The molecule has 1 fully saturated rings. The summed E-state index contributed by atoms with van der Waals surface area (Å²) in [4.78, 5) is 1.93. The van der Waals surface area contributed by atoms with Gasteiger partial charge in [0.2, 0.25) is 10.0 Å². The lowest BCUT2D eigenvalue weighted by Gasteiger charge is -2.28. The number of hydrogen-bond donors (Lipinski definition) is 0. The first-order chi connectivity index (χ1) is 10.8. The fourth-order valence-corrected chi connectivity index (χ4v) is 4.75. The molecule has 5 nitrogen and oxygen atoms in total. The highest BCUT2D eigenvalue weighted by Crippen LogP contribution is 2.25. The molecule has 23 heavy (non-hydrogen) atoms. The number of benzene rings is 1. The van der Waals surface area contributed by atoms with Crippen LogP contribution in [0.15, 0.2) is 24.3 Å². The van der Waals surface area contributed by atoms with E-state index in [0.717, 1.165) is 0 Å². The van der Waals surface area contributed by atoms with Gasteiger partial charge < -0.3 is 9.64 Å². The second kappa shape index (κ2) is 7.70. The maximum Gasteiger partial charge on any atom is 0.219 e. The predicted molar refractivity (Wildman–Crippen MR) is 88.1 cm³/mol. The summed E-state index contributed by atoms with van der Waals surface area (Å²) >= 11 is 0. The Morgan fingerprint density at radius 1 is 1.30 bits per heavy atom. The summed E-state index contributed by atoms with van der Waals surface area (Å²) in [6, 6.07) is 6.08. The van der Waals surface area contributed by atoms with Crippen molar-refractivity contribution in [3.05, 3.63) is 35.6 Å². The van der Waals surface area contributed by atoms with Gasteiger partial charge in [-0.05, 0) is 45.1 Å². The van der Waals surface area contributed by atoms with Crippen LogP contribution in [0.25, 0.3) is 0 Å². The summed E-state index contributed by atoms with van der Waals surface area (Å²) in [6.07, 6.45) is 0.194. The normalized spacial score (nSPS) is 22.2. The predicted octanol–water partition coefficient (Wildman–Crippen LogP) is 1.70. The molecule has 0 aliphatic carbocycles. The molecule has 0 bridgehead atoms. The summed E-state index contributed by atoms with van der Waals surface area (Å²) in [5.74, 6) is -0.356. The van der Waals surface area contributed by atoms with Crippen molar-refractivity contribution in [1.82, 2.24) is 9.21 Å². The van der Waals surface area contributed by atoms with Crippen LogP contribution in [0.1, 0.15) is 18.9 Å². The second-order valence-electron chi connectivity index (χ2n) is 6.21. The van der Waals surface area contributed by atoms with E-state index in [1.54, 1.807) is 19.1 Å². The molecule has 1 saturated heterocycles. The minimum absolute atomic E-state index is 0.178. The van der Waals surface area contributed by atoms with Crippen molar-refractivity contribution in [3.63, 3.8) is 0 Å².